The predicted molar refractivity (Wildman–Crippen MR) is 60.1 cm³/mol. The Morgan fingerprint density at radius 3 is 2.94 bits per heavy atom. The average molecular weight is 252 g/mol. The lowest BCUT2D eigenvalue weighted by Gasteiger charge is -1.91. The van der Waals surface area contributed by atoms with Gasteiger partial charge < -0.3 is 10.1 Å². The molecule has 0 aromatic carbocycles. The van der Waals surface area contributed by atoms with E-state index in [1.54, 1.807) is 6.07 Å². The van der Waals surface area contributed by atoms with E-state index in [1.807, 2.05) is 5.38 Å². The van der Waals surface area contributed by atoms with E-state index < -0.39 is 10.9 Å². The highest BCUT2D eigenvalue weighted by Gasteiger charge is 2.13. The minimum atomic E-state index is -0.648. The number of ketones is 1. The van der Waals surface area contributed by atoms with Crippen molar-refractivity contribution in [3.63, 3.8) is 0 Å². The lowest BCUT2D eigenvalue weighted by molar-refractivity contribution is -0.394. The smallest absolute Gasteiger partial charge is 0.390 e. The Morgan fingerprint density at radius 2 is 2.41 bits per heavy atom. The lowest BCUT2D eigenvalue weighted by Crippen LogP contribution is -2.00. The maximum atomic E-state index is 11.1. The Hall–Kier alpha value is -2.09. The van der Waals surface area contributed by atoms with Crippen LogP contribution in [0.25, 0.3) is 0 Å². The van der Waals surface area contributed by atoms with Gasteiger partial charge in [0.25, 0.3) is 0 Å². The van der Waals surface area contributed by atoms with Gasteiger partial charge in [-0.1, -0.05) is 4.98 Å². The first-order chi connectivity index (χ1) is 8.06. The van der Waals surface area contributed by atoms with Crippen molar-refractivity contribution < 1.29 is 9.72 Å². The minimum Gasteiger partial charge on any atom is -0.390 e. The van der Waals surface area contributed by atoms with Crippen molar-refractivity contribution in [2.75, 3.05) is 0 Å². The molecule has 0 atom stereocenters. The van der Waals surface area contributed by atoms with Gasteiger partial charge in [0.2, 0.25) is 6.33 Å². The predicted octanol–water partition coefficient (Wildman–Crippen LogP) is 1.50. The van der Waals surface area contributed by atoms with Crippen LogP contribution in [0.15, 0.2) is 17.8 Å². The first-order valence-corrected chi connectivity index (χ1v) is 5.56. The van der Waals surface area contributed by atoms with E-state index in [0.717, 1.165) is 5.56 Å². The van der Waals surface area contributed by atoms with Crippen LogP contribution < -0.4 is 0 Å². The molecular weight excluding hydrogens is 244 g/mol. The zero-order valence-corrected chi connectivity index (χ0v) is 9.68. The second-order valence-corrected chi connectivity index (χ2v) is 4.29. The van der Waals surface area contributed by atoms with E-state index in [1.165, 1.54) is 29.3 Å². The van der Waals surface area contributed by atoms with Crippen LogP contribution in [0.5, 0.6) is 0 Å². The molecule has 0 aliphatic rings. The van der Waals surface area contributed by atoms with Crippen molar-refractivity contribution >= 4 is 23.1 Å². The van der Waals surface area contributed by atoms with E-state index in [2.05, 4.69) is 10.1 Å². The summed E-state index contributed by atoms with van der Waals surface area (Å²) in [6.07, 6.45) is 1.29. The number of nitro groups is 1. The van der Waals surface area contributed by atoms with Gasteiger partial charge in [0.15, 0.2) is 5.78 Å². The fraction of sp³-hybridized carbons (Fsp3) is 0.222. The van der Waals surface area contributed by atoms with Crippen LogP contribution in [0.3, 0.4) is 0 Å². The first kappa shape index (κ1) is 11.4. The Morgan fingerprint density at radius 1 is 1.65 bits per heavy atom. The molecule has 0 aliphatic heterocycles. The van der Waals surface area contributed by atoms with Crippen molar-refractivity contribution in [2.45, 2.75) is 13.5 Å². The zero-order valence-electron chi connectivity index (χ0n) is 8.86. The summed E-state index contributed by atoms with van der Waals surface area (Å²) in [4.78, 5) is 25.0. The van der Waals surface area contributed by atoms with Gasteiger partial charge in [-0.3, -0.25) is 4.79 Å². The molecule has 0 amide bonds. The van der Waals surface area contributed by atoms with Crippen LogP contribution in [0.4, 0.5) is 5.95 Å². The molecule has 2 rings (SSSR count). The molecule has 0 N–H and O–H groups in total. The molecule has 2 heterocycles. The molecule has 88 valence electrons. The summed E-state index contributed by atoms with van der Waals surface area (Å²) in [5, 5.41) is 15.9. The van der Waals surface area contributed by atoms with Crippen LogP contribution in [-0.2, 0) is 6.54 Å². The van der Waals surface area contributed by atoms with Gasteiger partial charge in [-0.25, -0.2) is 0 Å². The quantitative estimate of drug-likeness (QED) is 0.467. The number of aromatic nitrogens is 3. The SMILES string of the molecule is CC(=O)c1cc(Cn2cnc([N+](=O)[O-])n2)cs1. The summed E-state index contributed by atoms with van der Waals surface area (Å²) in [6, 6.07) is 1.75. The third-order valence-electron chi connectivity index (χ3n) is 2.03. The number of hydrogen-bond donors (Lipinski definition) is 0. The molecule has 0 saturated heterocycles. The van der Waals surface area contributed by atoms with Gasteiger partial charge in [-0.15, -0.1) is 11.3 Å². The van der Waals surface area contributed by atoms with Gasteiger partial charge in [-0.05, 0) is 28.9 Å². The van der Waals surface area contributed by atoms with Crippen LogP contribution in [0.2, 0.25) is 0 Å². The summed E-state index contributed by atoms with van der Waals surface area (Å²) in [5.74, 6) is -0.419. The van der Waals surface area contributed by atoms with Crippen LogP contribution >= 0.6 is 11.3 Å². The Kier molecular flexibility index (Phi) is 2.96. The monoisotopic (exact) mass is 252 g/mol. The first-order valence-electron chi connectivity index (χ1n) is 4.68. The largest absolute Gasteiger partial charge is 0.490 e. The highest BCUT2D eigenvalue weighted by Crippen LogP contribution is 2.16. The van der Waals surface area contributed by atoms with Crippen molar-refractivity contribution in [2.24, 2.45) is 0 Å². The summed E-state index contributed by atoms with van der Waals surface area (Å²) in [6.45, 7) is 1.86. The maximum Gasteiger partial charge on any atom is 0.490 e. The molecule has 0 unspecified atom stereocenters. The number of thiophene rings is 1. The van der Waals surface area contributed by atoms with Gasteiger partial charge >= 0.3 is 5.95 Å². The van der Waals surface area contributed by atoms with Crippen LogP contribution in [0.1, 0.15) is 22.2 Å². The van der Waals surface area contributed by atoms with E-state index in [0.29, 0.717) is 11.4 Å². The number of carbonyl (C=O) groups excluding carboxylic acids is 1. The second kappa shape index (κ2) is 4.42. The number of hydrogen-bond acceptors (Lipinski definition) is 6. The van der Waals surface area contributed by atoms with Gasteiger partial charge in [0, 0.05) is 5.10 Å². The number of carbonyl (C=O) groups is 1. The number of Topliss-reactive ketones (excluding diaryl/α,β-unsaturated/α-hetero) is 1. The molecule has 17 heavy (non-hydrogen) atoms. The number of nitrogens with zero attached hydrogens (tertiary/aromatic N) is 4. The summed E-state index contributed by atoms with van der Waals surface area (Å²) in [5.41, 5.74) is 0.875. The molecule has 0 bridgehead atoms. The highest BCUT2D eigenvalue weighted by molar-refractivity contribution is 7.12. The van der Waals surface area contributed by atoms with Crippen molar-refractivity contribution in [1.82, 2.24) is 14.8 Å². The molecule has 2 aromatic heterocycles. The van der Waals surface area contributed by atoms with Crippen molar-refractivity contribution in [3.05, 3.63) is 38.3 Å². The molecule has 8 heteroatoms. The van der Waals surface area contributed by atoms with Gasteiger partial charge in [0.05, 0.1) is 11.4 Å². The van der Waals surface area contributed by atoms with E-state index >= 15 is 0 Å². The van der Waals surface area contributed by atoms with Gasteiger partial charge in [-0.2, -0.15) is 4.68 Å². The second-order valence-electron chi connectivity index (χ2n) is 3.37. The standard InChI is InChI=1S/C9H8N4O3S/c1-6(14)8-2-7(4-17-8)3-12-5-10-9(11-12)13(15)16/h2,4-5H,3H2,1H3. The van der Waals surface area contributed by atoms with Crippen molar-refractivity contribution in [1.29, 1.82) is 0 Å². The molecular formula is C9H8N4O3S. The molecule has 0 saturated carbocycles. The third-order valence-corrected chi connectivity index (χ3v) is 3.11. The third kappa shape index (κ3) is 2.53. The highest BCUT2D eigenvalue weighted by atomic mass is 32.1. The Balaban J connectivity index is 2.13. The van der Waals surface area contributed by atoms with Crippen LogP contribution in [0, 0.1) is 10.1 Å². The minimum absolute atomic E-state index is 0.00539. The summed E-state index contributed by atoms with van der Waals surface area (Å²) in [7, 11) is 0. The summed E-state index contributed by atoms with van der Waals surface area (Å²) < 4.78 is 1.37. The fourth-order valence-electron chi connectivity index (χ4n) is 1.27. The van der Waals surface area contributed by atoms with Gasteiger partial charge in [0.1, 0.15) is 0 Å². The summed E-state index contributed by atoms with van der Waals surface area (Å²) >= 11 is 1.35. The molecule has 7 nitrogen and oxygen atoms in total. The molecule has 2 aromatic rings. The van der Waals surface area contributed by atoms with Crippen molar-refractivity contribution in [3.8, 4) is 0 Å². The zero-order chi connectivity index (χ0) is 12.4. The maximum absolute atomic E-state index is 11.1. The number of rotatable bonds is 4. The molecule has 0 radical (unpaired) electrons. The molecule has 0 spiro atoms. The Bertz CT molecular complexity index is 524. The average Bonchev–Trinajstić information content (AvgIpc) is 2.87. The van der Waals surface area contributed by atoms with E-state index in [9.17, 15) is 14.9 Å². The van der Waals surface area contributed by atoms with E-state index in [-0.39, 0.29) is 5.78 Å². The molecule has 0 aliphatic carbocycles. The Labute approximate surface area is 99.9 Å². The topological polar surface area (TPSA) is 90.9 Å². The normalized spacial score (nSPS) is 10.4. The fourth-order valence-corrected chi connectivity index (χ4v) is 2.08. The van der Waals surface area contributed by atoms with E-state index in [4.69, 9.17) is 0 Å². The van der Waals surface area contributed by atoms with Crippen LogP contribution in [-0.4, -0.2) is 25.5 Å². The molecule has 0 fully saturated rings. The lowest BCUT2D eigenvalue weighted by atomic mass is 10.3.